The Bertz CT molecular complexity index is 540. The molecule has 90 valence electrons. The number of nitrogens with zero attached hydrogens (tertiary/aromatic N) is 2. The first-order valence-corrected chi connectivity index (χ1v) is 7.18. The molecule has 0 bridgehead atoms. The predicted octanol–water partition coefficient (Wildman–Crippen LogP) is 3.23. The van der Waals surface area contributed by atoms with Gasteiger partial charge in [-0.1, -0.05) is 0 Å². The minimum absolute atomic E-state index is 0.0638. The Balaban J connectivity index is 2.08. The normalized spacial score (nSPS) is 12.4. The maximum Gasteiger partial charge on any atom is 0.355 e. The quantitative estimate of drug-likeness (QED) is 0.898. The van der Waals surface area contributed by atoms with Gasteiger partial charge in [0.05, 0.1) is 6.04 Å². The lowest BCUT2D eigenvalue weighted by molar-refractivity contribution is 0.0691. The lowest BCUT2D eigenvalue weighted by Crippen LogP contribution is -2.07. The molecule has 0 radical (unpaired) electrons. The van der Waals surface area contributed by atoms with Crippen molar-refractivity contribution in [2.75, 3.05) is 5.32 Å². The Morgan fingerprint density at radius 3 is 2.76 bits per heavy atom. The standard InChI is InChI=1S/C9H8BrN3O2S2/c1-4(11-9-13-6(10)3-17-9)7-12-5(2-16-7)8(14)15/h2-4H,1H3,(H,11,13)(H,14,15). The van der Waals surface area contributed by atoms with Crippen LogP contribution in [0.25, 0.3) is 0 Å². The van der Waals surface area contributed by atoms with E-state index < -0.39 is 5.97 Å². The molecule has 1 unspecified atom stereocenters. The molecule has 17 heavy (non-hydrogen) atoms. The van der Waals surface area contributed by atoms with Gasteiger partial charge in [-0.15, -0.1) is 22.7 Å². The van der Waals surface area contributed by atoms with E-state index in [4.69, 9.17) is 5.11 Å². The molecule has 0 aliphatic heterocycles. The second-order valence-corrected chi connectivity index (χ2v) is 5.78. The van der Waals surface area contributed by atoms with Crippen molar-refractivity contribution >= 4 is 49.7 Å². The summed E-state index contributed by atoms with van der Waals surface area (Å²) in [5.41, 5.74) is 0.0824. The molecule has 0 fully saturated rings. The van der Waals surface area contributed by atoms with Gasteiger partial charge in [-0.2, -0.15) is 0 Å². The highest BCUT2D eigenvalue weighted by molar-refractivity contribution is 9.10. The Morgan fingerprint density at radius 2 is 2.24 bits per heavy atom. The number of thiazole rings is 2. The average Bonchev–Trinajstić information content (AvgIpc) is 2.86. The highest BCUT2D eigenvalue weighted by Gasteiger charge is 2.14. The molecule has 0 aliphatic rings. The fourth-order valence-corrected chi connectivity index (χ4v) is 3.18. The smallest absolute Gasteiger partial charge is 0.355 e. The highest BCUT2D eigenvalue weighted by Crippen LogP contribution is 2.26. The summed E-state index contributed by atoms with van der Waals surface area (Å²) >= 11 is 6.07. The van der Waals surface area contributed by atoms with Crippen molar-refractivity contribution in [1.29, 1.82) is 0 Å². The maximum atomic E-state index is 10.7. The van der Waals surface area contributed by atoms with Gasteiger partial charge in [0.2, 0.25) is 0 Å². The fourth-order valence-electron chi connectivity index (χ4n) is 1.15. The molecule has 0 spiro atoms. The van der Waals surface area contributed by atoms with Gasteiger partial charge in [0.15, 0.2) is 10.8 Å². The lowest BCUT2D eigenvalue weighted by Gasteiger charge is -2.08. The Kier molecular flexibility index (Phi) is 3.75. The molecule has 2 heterocycles. The molecule has 2 aromatic rings. The summed E-state index contributed by atoms with van der Waals surface area (Å²) in [5, 5.41) is 16.9. The number of halogens is 1. The third-order valence-electron chi connectivity index (χ3n) is 1.93. The van der Waals surface area contributed by atoms with Gasteiger partial charge >= 0.3 is 5.97 Å². The Hall–Kier alpha value is -0.990. The predicted molar refractivity (Wildman–Crippen MR) is 70.9 cm³/mol. The highest BCUT2D eigenvalue weighted by atomic mass is 79.9. The monoisotopic (exact) mass is 333 g/mol. The van der Waals surface area contributed by atoms with Crippen molar-refractivity contribution < 1.29 is 9.90 Å². The van der Waals surface area contributed by atoms with Crippen molar-refractivity contribution in [3.8, 4) is 0 Å². The third-order valence-corrected chi connectivity index (χ3v) is 4.44. The number of rotatable bonds is 4. The second kappa shape index (κ2) is 5.11. The van der Waals surface area contributed by atoms with Crippen LogP contribution in [0.2, 0.25) is 0 Å². The van der Waals surface area contributed by atoms with E-state index in [2.05, 4.69) is 31.2 Å². The number of nitrogens with one attached hydrogen (secondary N) is 1. The zero-order valence-electron chi connectivity index (χ0n) is 8.68. The second-order valence-electron chi connectivity index (χ2n) is 3.22. The van der Waals surface area contributed by atoms with Crippen LogP contribution in [0.3, 0.4) is 0 Å². The van der Waals surface area contributed by atoms with Crippen molar-refractivity contribution in [2.24, 2.45) is 0 Å². The SMILES string of the molecule is CC(Nc1nc(Br)cs1)c1nc(C(=O)O)cs1. The van der Waals surface area contributed by atoms with Gasteiger partial charge in [0.25, 0.3) is 0 Å². The first-order valence-electron chi connectivity index (χ1n) is 4.62. The molecular formula is C9H8BrN3O2S2. The first kappa shape index (κ1) is 12.5. The van der Waals surface area contributed by atoms with E-state index in [1.54, 1.807) is 0 Å². The van der Waals surface area contributed by atoms with Gasteiger partial charge in [0.1, 0.15) is 9.61 Å². The van der Waals surface area contributed by atoms with Crippen LogP contribution in [0.4, 0.5) is 5.13 Å². The molecule has 0 amide bonds. The van der Waals surface area contributed by atoms with E-state index >= 15 is 0 Å². The topological polar surface area (TPSA) is 75.1 Å². The summed E-state index contributed by atoms with van der Waals surface area (Å²) < 4.78 is 0.780. The summed E-state index contributed by atoms with van der Waals surface area (Å²) in [6.07, 6.45) is 0. The van der Waals surface area contributed by atoms with Crippen LogP contribution in [0.15, 0.2) is 15.4 Å². The average molecular weight is 334 g/mol. The molecule has 2 aromatic heterocycles. The summed E-state index contributed by atoms with van der Waals surface area (Å²) in [6, 6.07) is -0.0638. The zero-order chi connectivity index (χ0) is 12.4. The van der Waals surface area contributed by atoms with E-state index in [0.29, 0.717) is 0 Å². The van der Waals surface area contributed by atoms with Crippen molar-refractivity contribution in [3.63, 3.8) is 0 Å². The summed E-state index contributed by atoms with van der Waals surface area (Å²) in [6.45, 7) is 1.92. The zero-order valence-corrected chi connectivity index (χ0v) is 11.9. The van der Waals surface area contributed by atoms with Crippen LogP contribution in [0.5, 0.6) is 0 Å². The number of carboxylic acids is 1. The lowest BCUT2D eigenvalue weighted by atomic mass is 10.3. The van der Waals surface area contributed by atoms with Gasteiger partial charge in [-0.25, -0.2) is 14.8 Å². The molecule has 0 saturated heterocycles. The number of hydrogen-bond donors (Lipinski definition) is 2. The minimum atomic E-state index is -1.00. The largest absolute Gasteiger partial charge is 0.476 e. The Labute approximate surface area is 114 Å². The third kappa shape index (κ3) is 3.02. The van der Waals surface area contributed by atoms with E-state index in [-0.39, 0.29) is 11.7 Å². The van der Waals surface area contributed by atoms with Gasteiger partial charge in [-0.05, 0) is 22.9 Å². The number of anilines is 1. The first-order chi connectivity index (χ1) is 8.06. The number of aromatic nitrogens is 2. The van der Waals surface area contributed by atoms with Crippen molar-refractivity contribution in [3.05, 3.63) is 26.1 Å². The summed E-state index contributed by atoms with van der Waals surface area (Å²) in [5.74, 6) is -1.00. The van der Waals surface area contributed by atoms with Crippen molar-refractivity contribution in [1.82, 2.24) is 9.97 Å². The van der Waals surface area contributed by atoms with E-state index in [1.807, 2.05) is 12.3 Å². The van der Waals surface area contributed by atoms with Crippen LogP contribution in [0, 0.1) is 0 Å². The molecule has 2 N–H and O–H groups in total. The van der Waals surface area contributed by atoms with Crippen LogP contribution >= 0.6 is 38.6 Å². The number of hydrogen-bond acceptors (Lipinski definition) is 6. The number of carboxylic acid groups (broad SMARTS) is 1. The van der Waals surface area contributed by atoms with Gasteiger partial charge < -0.3 is 10.4 Å². The van der Waals surface area contributed by atoms with Crippen molar-refractivity contribution in [2.45, 2.75) is 13.0 Å². The molecule has 1 atom stereocenters. The molecule has 2 rings (SSSR count). The van der Waals surface area contributed by atoms with Crippen LogP contribution in [0.1, 0.15) is 28.5 Å². The Morgan fingerprint density at radius 1 is 1.47 bits per heavy atom. The van der Waals surface area contributed by atoms with Gasteiger partial charge in [-0.3, -0.25) is 0 Å². The maximum absolute atomic E-state index is 10.7. The number of aromatic carboxylic acids is 1. The van der Waals surface area contributed by atoms with Crippen LogP contribution < -0.4 is 5.32 Å². The molecule has 0 aliphatic carbocycles. The molecule has 8 heteroatoms. The molecule has 5 nitrogen and oxygen atoms in total. The minimum Gasteiger partial charge on any atom is -0.476 e. The van der Waals surface area contributed by atoms with Gasteiger partial charge in [0, 0.05) is 10.8 Å². The fraction of sp³-hybridized carbons (Fsp3) is 0.222. The molecule has 0 saturated carbocycles. The van der Waals surface area contributed by atoms with Crippen LogP contribution in [-0.2, 0) is 0 Å². The van der Waals surface area contributed by atoms with E-state index in [9.17, 15) is 4.79 Å². The number of carbonyl (C=O) groups is 1. The van der Waals surface area contributed by atoms with E-state index in [1.165, 1.54) is 28.1 Å². The molecule has 0 aromatic carbocycles. The van der Waals surface area contributed by atoms with E-state index in [0.717, 1.165) is 14.7 Å². The summed E-state index contributed by atoms with van der Waals surface area (Å²) in [7, 11) is 0. The molecular weight excluding hydrogens is 326 g/mol. The summed E-state index contributed by atoms with van der Waals surface area (Å²) in [4.78, 5) is 18.9. The van der Waals surface area contributed by atoms with Crippen LogP contribution in [-0.4, -0.2) is 21.0 Å².